The highest BCUT2D eigenvalue weighted by atomic mass is 16.5. The van der Waals surface area contributed by atoms with E-state index in [1.807, 2.05) is 66.7 Å². The molecule has 0 aliphatic heterocycles. The maximum absolute atomic E-state index is 5.87. The van der Waals surface area contributed by atoms with Crippen LogP contribution < -0.4 is 14.2 Å². The lowest BCUT2D eigenvalue weighted by molar-refractivity contribution is 0.355. The van der Waals surface area contributed by atoms with Gasteiger partial charge in [-0.3, -0.25) is 0 Å². The van der Waals surface area contributed by atoms with Gasteiger partial charge in [-0.25, -0.2) is 0 Å². The van der Waals surface area contributed by atoms with Gasteiger partial charge in [-0.05, 0) is 53.6 Å². The van der Waals surface area contributed by atoms with E-state index in [1.165, 1.54) is 0 Å². The third kappa shape index (κ3) is 3.46. The van der Waals surface area contributed by atoms with Crippen LogP contribution in [0.3, 0.4) is 0 Å². The smallest absolute Gasteiger partial charge is 0.161 e. The van der Waals surface area contributed by atoms with Crippen molar-refractivity contribution in [3.05, 3.63) is 72.8 Å². The number of benzene rings is 3. The summed E-state index contributed by atoms with van der Waals surface area (Å²) in [7, 11) is 3.25. The minimum atomic E-state index is 0.688. The molecule has 0 bridgehead atoms. The normalized spacial score (nSPS) is 10.2. The number of rotatable bonds is 5. The Kier molecular flexibility index (Phi) is 4.48. The molecule has 0 saturated carbocycles. The second-order valence-electron chi connectivity index (χ2n) is 4.92. The van der Waals surface area contributed by atoms with Gasteiger partial charge >= 0.3 is 0 Å². The molecule has 0 amide bonds. The zero-order chi connectivity index (χ0) is 16.1. The minimum absolute atomic E-state index is 0.688. The number of hydrogen-bond donors (Lipinski definition) is 0. The highest BCUT2D eigenvalue weighted by Gasteiger charge is 2.07. The molecule has 0 aliphatic rings. The van der Waals surface area contributed by atoms with Crippen molar-refractivity contribution < 1.29 is 14.2 Å². The van der Waals surface area contributed by atoms with E-state index >= 15 is 0 Å². The molecule has 3 aromatic carbocycles. The highest BCUT2D eigenvalue weighted by Crippen LogP contribution is 2.33. The number of ether oxygens (including phenoxy) is 3. The molecule has 0 saturated heterocycles. The van der Waals surface area contributed by atoms with Crippen LogP contribution in [0.2, 0.25) is 0 Å². The molecule has 115 valence electrons. The van der Waals surface area contributed by atoms with E-state index in [2.05, 4.69) is 6.07 Å². The van der Waals surface area contributed by atoms with Crippen LogP contribution in [0.1, 0.15) is 0 Å². The maximum atomic E-state index is 5.87. The predicted octanol–water partition coefficient (Wildman–Crippen LogP) is 4.96. The van der Waals surface area contributed by atoms with E-state index in [-0.39, 0.29) is 0 Å². The van der Waals surface area contributed by atoms with Crippen LogP contribution in [-0.2, 0) is 0 Å². The second kappa shape index (κ2) is 6.88. The minimum Gasteiger partial charge on any atom is -0.493 e. The number of para-hydroxylation sites is 1. The molecule has 0 aliphatic carbocycles. The van der Waals surface area contributed by atoms with Crippen LogP contribution >= 0.6 is 0 Å². The number of methoxy groups -OCH3 is 2. The fourth-order valence-electron chi connectivity index (χ4n) is 2.30. The fourth-order valence-corrected chi connectivity index (χ4v) is 2.30. The summed E-state index contributed by atoms with van der Waals surface area (Å²) in [5, 5.41) is 0. The molecule has 3 aromatic rings. The van der Waals surface area contributed by atoms with Gasteiger partial charge < -0.3 is 14.2 Å². The Labute approximate surface area is 136 Å². The molecule has 0 spiro atoms. The van der Waals surface area contributed by atoms with Gasteiger partial charge in [-0.1, -0.05) is 30.3 Å². The fraction of sp³-hybridized carbons (Fsp3) is 0.100. The lowest BCUT2D eigenvalue weighted by atomic mass is 10.0. The first-order valence-corrected chi connectivity index (χ1v) is 7.27. The zero-order valence-corrected chi connectivity index (χ0v) is 13.1. The van der Waals surface area contributed by atoms with E-state index in [0.29, 0.717) is 11.5 Å². The van der Waals surface area contributed by atoms with Crippen molar-refractivity contribution in [3.63, 3.8) is 0 Å². The summed E-state index contributed by atoms with van der Waals surface area (Å²) < 4.78 is 16.5. The zero-order valence-electron chi connectivity index (χ0n) is 13.1. The molecule has 3 heteroatoms. The van der Waals surface area contributed by atoms with Gasteiger partial charge in [0.2, 0.25) is 0 Å². The Morgan fingerprint density at radius 1 is 0.739 bits per heavy atom. The number of hydrogen-bond acceptors (Lipinski definition) is 3. The van der Waals surface area contributed by atoms with Gasteiger partial charge in [-0.15, -0.1) is 0 Å². The maximum Gasteiger partial charge on any atom is 0.161 e. The Morgan fingerprint density at radius 3 is 2.26 bits per heavy atom. The summed E-state index contributed by atoms with van der Waals surface area (Å²) in [5.41, 5.74) is 1.92. The predicted molar refractivity (Wildman–Crippen MR) is 90.3 cm³/mol. The molecule has 3 nitrogen and oxygen atoms in total. The summed E-state index contributed by atoms with van der Waals surface area (Å²) >= 11 is 0. The second-order valence-corrected chi connectivity index (χ2v) is 4.92. The van der Waals surface area contributed by atoms with Gasteiger partial charge in [-0.2, -0.15) is 0 Å². The molecular formula is C20H17O3. The SMILES string of the molecule is COc1ccc(-c2[c]ccc(Oc3ccccc3)c2)cc1OC. The quantitative estimate of drug-likeness (QED) is 0.666. The van der Waals surface area contributed by atoms with Gasteiger partial charge in [0.25, 0.3) is 0 Å². The van der Waals surface area contributed by atoms with Crippen LogP contribution in [0.15, 0.2) is 66.7 Å². The largest absolute Gasteiger partial charge is 0.493 e. The Morgan fingerprint density at radius 2 is 1.52 bits per heavy atom. The Balaban J connectivity index is 1.90. The van der Waals surface area contributed by atoms with Gasteiger partial charge in [0.05, 0.1) is 14.2 Å². The molecular weight excluding hydrogens is 288 g/mol. The van der Waals surface area contributed by atoms with E-state index in [0.717, 1.165) is 22.6 Å². The van der Waals surface area contributed by atoms with Gasteiger partial charge in [0.15, 0.2) is 11.5 Å². The van der Waals surface area contributed by atoms with Gasteiger partial charge in [0, 0.05) is 0 Å². The highest BCUT2D eigenvalue weighted by molar-refractivity contribution is 5.68. The lowest BCUT2D eigenvalue weighted by Gasteiger charge is -2.11. The third-order valence-electron chi connectivity index (χ3n) is 3.45. The summed E-state index contributed by atoms with van der Waals surface area (Å²) in [4.78, 5) is 0. The van der Waals surface area contributed by atoms with Crippen molar-refractivity contribution in [2.24, 2.45) is 0 Å². The van der Waals surface area contributed by atoms with E-state index in [1.54, 1.807) is 14.2 Å². The summed E-state index contributed by atoms with van der Waals surface area (Å²) in [6.45, 7) is 0. The molecule has 1 radical (unpaired) electrons. The molecule has 0 atom stereocenters. The van der Waals surface area contributed by atoms with E-state index < -0.39 is 0 Å². The molecule has 0 fully saturated rings. The van der Waals surface area contributed by atoms with Crippen molar-refractivity contribution in [1.29, 1.82) is 0 Å². The Hall–Kier alpha value is -2.94. The molecule has 0 unspecified atom stereocenters. The van der Waals surface area contributed by atoms with E-state index in [4.69, 9.17) is 14.2 Å². The van der Waals surface area contributed by atoms with Crippen molar-refractivity contribution in [3.8, 4) is 34.1 Å². The topological polar surface area (TPSA) is 27.7 Å². The van der Waals surface area contributed by atoms with Crippen molar-refractivity contribution in [1.82, 2.24) is 0 Å². The molecule has 23 heavy (non-hydrogen) atoms. The summed E-state index contributed by atoms with van der Waals surface area (Å²) in [6, 6.07) is 24.4. The first kappa shape index (κ1) is 15.0. The third-order valence-corrected chi connectivity index (χ3v) is 3.45. The van der Waals surface area contributed by atoms with Crippen molar-refractivity contribution in [2.45, 2.75) is 0 Å². The molecule has 0 N–H and O–H groups in total. The van der Waals surface area contributed by atoms with Gasteiger partial charge in [0.1, 0.15) is 11.5 Å². The molecule has 0 heterocycles. The molecule has 0 aromatic heterocycles. The van der Waals surface area contributed by atoms with Crippen LogP contribution in [0, 0.1) is 6.07 Å². The lowest BCUT2D eigenvalue weighted by Crippen LogP contribution is -1.91. The van der Waals surface area contributed by atoms with Crippen molar-refractivity contribution >= 4 is 0 Å². The average Bonchev–Trinajstić information content (AvgIpc) is 2.62. The van der Waals surface area contributed by atoms with Crippen LogP contribution in [0.25, 0.3) is 11.1 Å². The van der Waals surface area contributed by atoms with E-state index in [9.17, 15) is 0 Å². The first-order chi connectivity index (χ1) is 11.3. The van der Waals surface area contributed by atoms with Crippen LogP contribution in [0.4, 0.5) is 0 Å². The monoisotopic (exact) mass is 305 g/mol. The first-order valence-electron chi connectivity index (χ1n) is 7.27. The van der Waals surface area contributed by atoms with Crippen molar-refractivity contribution in [2.75, 3.05) is 14.2 Å². The summed E-state index contributed by atoms with van der Waals surface area (Å²) in [5.74, 6) is 2.96. The average molecular weight is 305 g/mol. The summed E-state index contributed by atoms with van der Waals surface area (Å²) in [6.07, 6.45) is 0. The Bertz CT molecular complexity index is 782. The molecule has 3 rings (SSSR count). The van der Waals surface area contributed by atoms with Crippen LogP contribution in [-0.4, -0.2) is 14.2 Å². The standard InChI is InChI=1S/C20H17O3/c1-21-19-12-11-16(14-20(19)22-2)15-7-6-10-18(13-15)23-17-8-4-3-5-9-17/h3-6,8-14H,1-2H3. The van der Waals surface area contributed by atoms with Crippen LogP contribution in [0.5, 0.6) is 23.0 Å².